The van der Waals surface area contributed by atoms with Gasteiger partial charge in [-0.15, -0.1) is 6.58 Å². The SMILES string of the molecule is C=CCOC(=O)NCc1ccc([C@@H]2O[C@H](CN(CC=C)C3CCCC3)[C@H](C)[C@H](c3ccc(CO)cc3)O2)cc1. The van der Waals surface area contributed by atoms with Crippen LogP contribution in [0.5, 0.6) is 0 Å². The second-order valence-corrected chi connectivity index (χ2v) is 10.5. The molecule has 2 aromatic rings. The van der Waals surface area contributed by atoms with E-state index in [4.69, 9.17) is 14.2 Å². The van der Waals surface area contributed by atoms with E-state index in [1.165, 1.54) is 31.8 Å². The van der Waals surface area contributed by atoms with Crippen LogP contribution in [0.15, 0.2) is 73.8 Å². The first kappa shape index (κ1) is 29.0. The lowest BCUT2D eigenvalue weighted by atomic mass is 9.89. The number of nitrogens with one attached hydrogen (secondary N) is 1. The number of hydrogen-bond donors (Lipinski definition) is 2. The first-order valence-electron chi connectivity index (χ1n) is 14.0. The van der Waals surface area contributed by atoms with Crippen LogP contribution in [0, 0.1) is 5.92 Å². The summed E-state index contributed by atoms with van der Waals surface area (Å²) < 4.78 is 18.2. The molecule has 0 aromatic heterocycles. The molecule has 2 fully saturated rings. The number of benzene rings is 2. The normalized spacial score (nSPS) is 23.5. The van der Waals surface area contributed by atoms with Gasteiger partial charge in [-0.05, 0) is 29.5 Å². The minimum absolute atomic E-state index is 0.0147. The zero-order chi connectivity index (χ0) is 27.6. The summed E-state index contributed by atoms with van der Waals surface area (Å²) >= 11 is 0. The van der Waals surface area contributed by atoms with Crippen LogP contribution in [0.4, 0.5) is 4.79 Å². The third kappa shape index (κ3) is 7.79. The molecule has 4 rings (SSSR count). The van der Waals surface area contributed by atoms with Crippen LogP contribution in [0.3, 0.4) is 0 Å². The highest BCUT2D eigenvalue weighted by Crippen LogP contribution is 2.42. The summed E-state index contributed by atoms with van der Waals surface area (Å²) in [5.74, 6) is 0.125. The molecular formula is C32H42N2O5. The summed E-state index contributed by atoms with van der Waals surface area (Å²) in [5, 5.41) is 12.2. The zero-order valence-corrected chi connectivity index (χ0v) is 23.0. The molecule has 0 radical (unpaired) electrons. The summed E-state index contributed by atoms with van der Waals surface area (Å²) in [4.78, 5) is 14.3. The number of alkyl carbamates (subject to hydrolysis) is 1. The van der Waals surface area contributed by atoms with Gasteiger partial charge in [0.25, 0.3) is 0 Å². The molecule has 1 saturated heterocycles. The molecule has 7 nitrogen and oxygen atoms in total. The topological polar surface area (TPSA) is 80.3 Å². The highest BCUT2D eigenvalue weighted by molar-refractivity contribution is 5.67. The van der Waals surface area contributed by atoms with Crippen molar-refractivity contribution < 1.29 is 24.1 Å². The largest absolute Gasteiger partial charge is 0.445 e. The third-order valence-corrected chi connectivity index (χ3v) is 7.76. The van der Waals surface area contributed by atoms with Gasteiger partial charge in [-0.2, -0.15) is 0 Å². The van der Waals surface area contributed by atoms with Gasteiger partial charge in [0.1, 0.15) is 6.61 Å². The minimum atomic E-state index is -0.526. The van der Waals surface area contributed by atoms with Gasteiger partial charge in [0.2, 0.25) is 0 Å². The Morgan fingerprint density at radius 1 is 1.03 bits per heavy atom. The Labute approximate surface area is 232 Å². The Balaban J connectivity index is 1.52. The molecule has 0 bridgehead atoms. The Kier molecular flexibility index (Phi) is 10.7. The summed E-state index contributed by atoms with van der Waals surface area (Å²) in [5.41, 5.74) is 3.83. The molecule has 1 amide bonds. The number of carbonyl (C=O) groups excluding carboxylic acids is 1. The maximum atomic E-state index is 11.8. The van der Waals surface area contributed by atoms with E-state index in [2.05, 4.69) is 30.3 Å². The van der Waals surface area contributed by atoms with Crippen molar-refractivity contribution in [3.63, 3.8) is 0 Å². The summed E-state index contributed by atoms with van der Waals surface area (Å²) in [7, 11) is 0. The molecule has 2 N–H and O–H groups in total. The lowest BCUT2D eigenvalue weighted by Gasteiger charge is -2.43. The van der Waals surface area contributed by atoms with E-state index in [1.807, 2.05) is 54.6 Å². The first-order chi connectivity index (χ1) is 19.0. The van der Waals surface area contributed by atoms with Crippen molar-refractivity contribution in [2.75, 3.05) is 19.7 Å². The van der Waals surface area contributed by atoms with Crippen LogP contribution in [0.1, 0.15) is 67.3 Å². The van der Waals surface area contributed by atoms with Gasteiger partial charge in [-0.3, -0.25) is 4.90 Å². The molecule has 1 saturated carbocycles. The Hall–Kier alpha value is -2.97. The van der Waals surface area contributed by atoms with Crippen molar-refractivity contribution in [3.05, 3.63) is 96.1 Å². The molecular weight excluding hydrogens is 492 g/mol. The number of nitrogens with zero attached hydrogens (tertiary/aromatic N) is 1. The molecule has 39 heavy (non-hydrogen) atoms. The van der Waals surface area contributed by atoms with Gasteiger partial charge in [-0.1, -0.05) is 87.0 Å². The Morgan fingerprint density at radius 3 is 2.33 bits per heavy atom. The van der Waals surface area contributed by atoms with Gasteiger partial charge in [0, 0.05) is 37.2 Å². The van der Waals surface area contributed by atoms with Crippen molar-refractivity contribution in [1.29, 1.82) is 0 Å². The monoisotopic (exact) mass is 534 g/mol. The summed E-state index contributed by atoms with van der Waals surface area (Å²) in [6.45, 7) is 12.0. The van der Waals surface area contributed by atoms with Gasteiger partial charge >= 0.3 is 6.09 Å². The standard InChI is InChI=1S/C32H42N2O5/c1-4-18-34(28-8-6-7-9-28)21-29-23(3)30(26-14-12-25(22-35)13-15-26)39-31(38-29)27-16-10-24(11-17-27)20-33-32(36)37-19-5-2/h4-5,10-17,23,28-31,35H,1-2,6-9,18-22H2,3H3,(H,33,36)/t23-,29+,30+,31+/m0/s1. The number of carbonyl (C=O) groups is 1. The highest BCUT2D eigenvalue weighted by Gasteiger charge is 2.40. The maximum absolute atomic E-state index is 11.8. The summed E-state index contributed by atoms with van der Waals surface area (Å²) in [6.07, 6.45) is 7.32. The second kappa shape index (κ2) is 14.4. The number of ether oxygens (including phenoxy) is 3. The molecule has 1 heterocycles. The van der Waals surface area contributed by atoms with Gasteiger partial charge < -0.3 is 24.6 Å². The minimum Gasteiger partial charge on any atom is -0.445 e. The van der Waals surface area contributed by atoms with E-state index in [1.54, 1.807) is 0 Å². The van der Waals surface area contributed by atoms with E-state index in [0.29, 0.717) is 12.6 Å². The van der Waals surface area contributed by atoms with Crippen molar-refractivity contribution in [1.82, 2.24) is 10.2 Å². The smallest absolute Gasteiger partial charge is 0.407 e. The molecule has 0 unspecified atom stereocenters. The van der Waals surface area contributed by atoms with E-state index in [-0.39, 0.29) is 31.3 Å². The van der Waals surface area contributed by atoms with Crippen molar-refractivity contribution in [2.24, 2.45) is 5.92 Å². The first-order valence-corrected chi connectivity index (χ1v) is 14.0. The molecule has 0 spiro atoms. The second-order valence-electron chi connectivity index (χ2n) is 10.5. The van der Waals surface area contributed by atoms with Gasteiger partial charge in [0.15, 0.2) is 6.29 Å². The zero-order valence-electron chi connectivity index (χ0n) is 23.0. The van der Waals surface area contributed by atoms with Crippen LogP contribution >= 0.6 is 0 Å². The Morgan fingerprint density at radius 2 is 1.69 bits per heavy atom. The van der Waals surface area contributed by atoms with Crippen molar-refractivity contribution in [2.45, 2.75) is 70.3 Å². The molecule has 7 heteroatoms. The fourth-order valence-corrected chi connectivity index (χ4v) is 5.52. The van der Waals surface area contributed by atoms with Gasteiger partial charge in [-0.25, -0.2) is 4.79 Å². The fraction of sp³-hybridized carbons (Fsp3) is 0.469. The number of rotatable bonds is 12. The van der Waals surface area contributed by atoms with E-state index in [0.717, 1.165) is 35.3 Å². The molecule has 2 aromatic carbocycles. The number of aliphatic hydroxyl groups is 1. The van der Waals surface area contributed by atoms with E-state index in [9.17, 15) is 9.90 Å². The lowest BCUT2D eigenvalue weighted by Crippen LogP contribution is -2.47. The Bertz CT molecular complexity index is 1060. The van der Waals surface area contributed by atoms with Crippen LogP contribution < -0.4 is 5.32 Å². The number of amides is 1. The van der Waals surface area contributed by atoms with Crippen LogP contribution in [-0.4, -0.2) is 47.9 Å². The number of hydrogen-bond acceptors (Lipinski definition) is 6. The third-order valence-electron chi connectivity index (χ3n) is 7.76. The van der Waals surface area contributed by atoms with Crippen LogP contribution in [-0.2, 0) is 27.4 Å². The molecule has 210 valence electrons. The van der Waals surface area contributed by atoms with Crippen molar-refractivity contribution >= 4 is 6.09 Å². The van der Waals surface area contributed by atoms with Crippen LogP contribution in [0.2, 0.25) is 0 Å². The lowest BCUT2D eigenvalue weighted by molar-refractivity contribution is -0.276. The average molecular weight is 535 g/mol. The molecule has 2 aliphatic rings. The maximum Gasteiger partial charge on any atom is 0.407 e. The number of aliphatic hydroxyl groups excluding tert-OH is 1. The summed E-state index contributed by atoms with van der Waals surface area (Å²) in [6, 6.07) is 16.5. The molecule has 1 aliphatic heterocycles. The average Bonchev–Trinajstić information content (AvgIpc) is 3.51. The van der Waals surface area contributed by atoms with E-state index >= 15 is 0 Å². The van der Waals surface area contributed by atoms with Crippen LogP contribution in [0.25, 0.3) is 0 Å². The predicted molar refractivity (Wildman–Crippen MR) is 152 cm³/mol. The van der Waals surface area contributed by atoms with Crippen molar-refractivity contribution in [3.8, 4) is 0 Å². The predicted octanol–water partition coefficient (Wildman–Crippen LogP) is 5.81. The van der Waals surface area contributed by atoms with E-state index < -0.39 is 12.4 Å². The molecule has 4 atom stereocenters. The quantitative estimate of drug-likeness (QED) is 0.335. The highest BCUT2D eigenvalue weighted by atomic mass is 16.7. The molecule has 1 aliphatic carbocycles. The van der Waals surface area contributed by atoms with Gasteiger partial charge in [0.05, 0.1) is 18.8 Å². The fourth-order valence-electron chi connectivity index (χ4n) is 5.52.